The minimum atomic E-state index is -3.96. The topological polar surface area (TPSA) is 93.7 Å². The Morgan fingerprint density at radius 2 is 1.66 bits per heavy atom. The summed E-state index contributed by atoms with van der Waals surface area (Å²) in [6.07, 6.45) is 1.12. The van der Waals surface area contributed by atoms with Crippen LogP contribution < -0.4 is 19.5 Å². The van der Waals surface area contributed by atoms with Crippen LogP contribution in [0, 0.1) is 5.92 Å². The molecule has 7 nitrogen and oxygen atoms in total. The van der Waals surface area contributed by atoms with Crippen molar-refractivity contribution >= 4 is 43.2 Å². The molecule has 0 saturated heterocycles. The van der Waals surface area contributed by atoms with E-state index in [1.54, 1.807) is 24.3 Å². The number of rotatable bonds is 9. The number of nitrogens with one attached hydrogen (secondary N) is 2. The van der Waals surface area contributed by atoms with E-state index in [-0.39, 0.29) is 16.6 Å². The van der Waals surface area contributed by atoms with Gasteiger partial charge in [-0.3, -0.25) is 9.52 Å². The molecule has 0 heterocycles. The number of hydrogen-bond donors (Lipinski definition) is 2. The van der Waals surface area contributed by atoms with Crippen molar-refractivity contribution in [3.63, 3.8) is 0 Å². The number of halogens is 1. The molecule has 0 aliphatic carbocycles. The molecule has 9 heteroatoms. The average Bonchev–Trinajstić information content (AvgIpc) is 2.66. The summed E-state index contributed by atoms with van der Waals surface area (Å²) < 4.78 is 39.4. The first kappa shape index (κ1) is 23.0. The van der Waals surface area contributed by atoms with Gasteiger partial charge in [0.05, 0.1) is 24.4 Å². The van der Waals surface area contributed by atoms with Gasteiger partial charge in [-0.1, -0.05) is 13.8 Å². The summed E-state index contributed by atoms with van der Waals surface area (Å²) in [6.45, 7) is 4.07. The second-order valence-electron chi connectivity index (χ2n) is 6.80. The van der Waals surface area contributed by atoms with Crippen LogP contribution in [0.15, 0.2) is 45.8 Å². The molecule has 0 radical (unpaired) electrons. The van der Waals surface area contributed by atoms with Crippen LogP contribution in [0.3, 0.4) is 0 Å². The lowest BCUT2D eigenvalue weighted by Gasteiger charge is -2.14. The van der Waals surface area contributed by atoms with Gasteiger partial charge in [-0.2, -0.15) is 0 Å². The summed E-state index contributed by atoms with van der Waals surface area (Å²) in [5, 5.41) is 2.74. The number of methoxy groups -OCH3 is 2. The molecule has 0 bridgehead atoms. The van der Waals surface area contributed by atoms with Crippen LogP contribution in [0.25, 0.3) is 0 Å². The average molecular weight is 485 g/mol. The maximum Gasteiger partial charge on any atom is 0.265 e. The van der Waals surface area contributed by atoms with Crippen molar-refractivity contribution in [1.82, 2.24) is 0 Å². The maximum atomic E-state index is 12.9. The summed E-state index contributed by atoms with van der Waals surface area (Å²) in [7, 11) is -1.05. The highest BCUT2D eigenvalue weighted by Gasteiger charge is 2.21. The van der Waals surface area contributed by atoms with Crippen molar-refractivity contribution < 1.29 is 22.7 Å². The smallest absolute Gasteiger partial charge is 0.265 e. The molecule has 0 atom stereocenters. The molecule has 0 spiro atoms. The van der Waals surface area contributed by atoms with Crippen LogP contribution in [-0.4, -0.2) is 28.5 Å². The van der Waals surface area contributed by atoms with Crippen molar-refractivity contribution in [1.29, 1.82) is 0 Å². The first-order chi connectivity index (χ1) is 13.7. The van der Waals surface area contributed by atoms with Crippen molar-refractivity contribution in [2.24, 2.45) is 5.92 Å². The first-order valence-electron chi connectivity index (χ1n) is 9.00. The summed E-state index contributed by atoms with van der Waals surface area (Å²) in [5.74, 6) is 0.988. The van der Waals surface area contributed by atoms with Crippen LogP contribution >= 0.6 is 15.9 Å². The molecule has 0 fully saturated rings. The largest absolute Gasteiger partial charge is 0.496 e. The third-order valence-electron chi connectivity index (χ3n) is 4.09. The number of ether oxygens (including phenoxy) is 2. The van der Waals surface area contributed by atoms with Crippen LogP contribution in [0.4, 0.5) is 11.4 Å². The molecule has 0 aromatic heterocycles. The number of anilines is 2. The molecule has 2 aromatic carbocycles. The van der Waals surface area contributed by atoms with E-state index in [1.807, 2.05) is 13.8 Å². The fourth-order valence-electron chi connectivity index (χ4n) is 2.55. The molecule has 2 aromatic rings. The van der Waals surface area contributed by atoms with E-state index >= 15 is 0 Å². The summed E-state index contributed by atoms with van der Waals surface area (Å²) in [5.41, 5.74) is 0.738. The van der Waals surface area contributed by atoms with E-state index in [0.717, 1.165) is 6.42 Å². The highest BCUT2D eigenvalue weighted by molar-refractivity contribution is 9.10. The number of carbonyl (C=O) groups is 1. The Morgan fingerprint density at radius 1 is 1.03 bits per heavy atom. The molecule has 29 heavy (non-hydrogen) atoms. The lowest BCUT2D eigenvalue weighted by molar-refractivity contribution is -0.116. The first-order valence-corrected chi connectivity index (χ1v) is 11.3. The molecular formula is C20H25BrN2O5S. The Labute approximate surface area is 180 Å². The molecule has 0 aliphatic rings. The van der Waals surface area contributed by atoms with Crippen LogP contribution in [0.1, 0.15) is 26.7 Å². The molecule has 1 amide bonds. The molecule has 0 unspecified atom stereocenters. The predicted molar refractivity (Wildman–Crippen MR) is 117 cm³/mol. The van der Waals surface area contributed by atoms with Gasteiger partial charge in [0.1, 0.15) is 16.4 Å². The molecule has 0 saturated carbocycles. The quantitative estimate of drug-likeness (QED) is 0.540. The van der Waals surface area contributed by atoms with Crippen molar-refractivity contribution in [2.75, 3.05) is 24.3 Å². The zero-order chi connectivity index (χ0) is 21.6. The highest BCUT2D eigenvalue weighted by Crippen LogP contribution is 2.32. The summed E-state index contributed by atoms with van der Waals surface area (Å²) >= 11 is 3.33. The Morgan fingerprint density at radius 3 is 2.24 bits per heavy atom. The van der Waals surface area contributed by atoms with Gasteiger partial charge in [0.25, 0.3) is 10.0 Å². The third kappa shape index (κ3) is 6.37. The normalized spacial score (nSPS) is 11.2. The number of sulfonamides is 1. The number of carbonyl (C=O) groups excluding carboxylic acids is 1. The van der Waals surface area contributed by atoms with Crippen LogP contribution in [-0.2, 0) is 14.8 Å². The summed E-state index contributed by atoms with van der Waals surface area (Å²) in [4.78, 5) is 12.0. The Kier molecular flexibility index (Phi) is 7.92. The Balaban J connectivity index is 2.28. The van der Waals surface area contributed by atoms with Gasteiger partial charge in [-0.15, -0.1) is 0 Å². The molecule has 158 valence electrons. The van der Waals surface area contributed by atoms with Crippen molar-refractivity contribution in [2.45, 2.75) is 31.6 Å². The molecular weight excluding hydrogens is 460 g/mol. The van der Waals surface area contributed by atoms with Gasteiger partial charge in [0.2, 0.25) is 5.91 Å². The minimum absolute atomic E-state index is 0.0754. The highest BCUT2D eigenvalue weighted by atomic mass is 79.9. The van der Waals surface area contributed by atoms with Gasteiger partial charge < -0.3 is 14.8 Å². The van der Waals surface area contributed by atoms with Gasteiger partial charge >= 0.3 is 0 Å². The van der Waals surface area contributed by atoms with Gasteiger partial charge in [0, 0.05) is 12.1 Å². The SMILES string of the molecule is COc1ccc(NS(=O)(=O)c2cc(NC(=O)CCC(C)C)ccc2OC)cc1Br. The van der Waals surface area contributed by atoms with Crippen LogP contribution in [0.2, 0.25) is 0 Å². The monoisotopic (exact) mass is 484 g/mol. The van der Waals surface area contributed by atoms with Crippen molar-refractivity contribution in [3.8, 4) is 11.5 Å². The third-order valence-corrected chi connectivity index (χ3v) is 6.11. The van der Waals surface area contributed by atoms with Crippen molar-refractivity contribution in [3.05, 3.63) is 40.9 Å². The molecule has 0 aliphatic heterocycles. The Hall–Kier alpha value is -2.26. The number of hydrogen-bond acceptors (Lipinski definition) is 5. The summed E-state index contributed by atoms with van der Waals surface area (Å²) in [6, 6.07) is 9.33. The second-order valence-corrected chi connectivity index (χ2v) is 9.31. The Bertz CT molecular complexity index is 977. The lowest BCUT2D eigenvalue weighted by Crippen LogP contribution is -2.16. The van der Waals surface area contributed by atoms with E-state index in [2.05, 4.69) is 26.0 Å². The fourth-order valence-corrected chi connectivity index (χ4v) is 4.33. The number of benzene rings is 2. The fraction of sp³-hybridized carbons (Fsp3) is 0.350. The molecule has 2 N–H and O–H groups in total. The minimum Gasteiger partial charge on any atom is -0.496 e. The van der Waals surface area contributed by atoms with E-state index in [9.17, 15) is 13.2 Å². The van der Waals surface area contributed by atoms with E-state index < -0.39 is 10.0 Å². The standard InChI is InChI=1S/C20H25BrN2O5S/c1-13(2)5-10-20(24)22-14-6-9-18(28-4)19(12-14)29(25,26)23-15-7-8-17(27-3)16(21)11-15/h6-9,11-13,23H,5,10H2,1-4H3,(H,22,24). The van der Waals surface area contributed by atoms with Gasteiger partial charge in [0.15, 0.2) is 0 Å². The maximum absolute atomic E-state index is 12.9. The zero-order valence-electron chi connectivity index (χ0n) is 16.8. The lowest BCUT2D eigenvalue weighted by atomic mass is 10.1. The van der Waals surface area contributed by atoms with Gasteiger partial charge in [-0.25, -0.2) is 8.42 Å². The van der Waals surface area contributed by atoms with E-state index in [4.69, 9.17) is 9.47 Å². The second kappa shape index (κ2) is 9.98. The van der Waals surface area contributed by atoms with E-state index in [0.29, 0.717) is 33.9 Å². The number of amides is 1. The van der Waals surface area contributed by atoms with Crippen LogP contribution in [0.5, 0.6) is 11.5 Å². The molecule has 2 rings (SSSR count). The predicted octanol–water partition coefficient (Wildman–Crippen LogP) is 4.64. The van der Waals surface area contributed by atoms with Gasteiger partial charge in [-0.05, 0) is 64.7 Å². The van der Waals surface area contributed by atoms with E-state index in [1.165, 1.54) is 26.4 Å². The zero-order valence-corrected chi connectivity index (χ0v) is 19.2.